The average molecular weight is 363 g/mol. The van der Waals surface area contributed by atoms with Crippen LogP contribution in [0.1, 0.15) is 24.2 Å². The molecule has 1 amide bonds. The van der Waals surface area contributed by atoms with Gasteiger partial charge in [0.15, 0.2) is 0 Å². The molecule has 0 aliphatic carbocycles. The summed E-state index contributed by atoms with van der Waals surface area (Å²) < 4.78 is 19.1. The summed E-state index contributed by atoms with van der Waals surface area (Å²) in [6, 6.07) is 2.28. The number of rotatable bonds is 5. The Labute approximate surface area is 145 Å². The number of benzene rings is 1. The first kappa shape index (κ1) is 18.5. The second-order valence-corrected chi connectivity index (χ2v) is 6.92. The van der Waals surface area contributed by atoms with E-state index in [4.69, 9.17) is 27.9 Å². The van der Waals surface area contributed by atoms with Crippen LogP contribution in [0.25, 0.3) is 0 Å². The van der Waals surface area contributed by atoms with E-state index in [-0.39, 0.29) is 21.7 Å². The van der Waals surface area contributed by atoms with Crippen LogP contribution in [0.2, 0.25) is 10.0 Å². The summed E-state index contributed by atoms with van der Waals surface area (Å²) >= 11 is 11.6. The normalized spacial score (nSPS) is 19.1. The molecular weight excluding hydrogens is 342 g/mol. The van der Waals surface area contributed by atoms with Crippen molar-refractivity contribution in [3.63, 3.8) is 0 Å². The van der Waals surface area contributed by atoms with Crippen molar-refractivity contribution in [3.05, 3.63) is 33.6 Å². The van der Waals surface area contributed by atoms with Crippen molar-refractivity contribution in [1.82, 2.24) is 10.2 Å². The third-order valence-electron chi connectivity index (χ3n) is 3.59. The summed E-state index contributed by atoms with van der Waals surface area (Å²) in [5.74, 6) is -0.521. The van der Waals surface area contributed by atoms with Gasteiger partial charge in [-0.3, -0.25) is 9.69 Å². The first-order valence-corrected chi connectivity index (χ1v) is 8.39. The smallest absolute Gasteiger partial charge is 0.252 e. The van der Waals surface area contributed by atoms with Crippen LogP contribution in [0, 0.1) is 11.7 Å². The maximum absolute atomic E-state index is 13.5. The van der Waals surface area contributed by atoms with E-state index in [1.807, 2.05) is 0 Å². The highest BCUT2D eigenvalue weighted by Crippen LogP contribution is 2.24. The predicted octanol–water partition coefficient (Wildman–Crippen LogP) is 3.22. The van der Waals surface area contributed by atoms with Crippen LogP contribution < -0.4 is 5.32 Å². The minimum Gasteiger partial charge on any atom is -0.374 e. The van der Waals surface area contributed by atoms with Gasteiger partial charge < -0.3 is 10.1 Å². The molecule has 0 saturated carbocycles. The van der Waals surface area contributed by atoms with E-state index in [0.717, 1.165) is 25.7 Å². The molecule has 1 N–H and O–H groups in total. The molecule has 0 aromatic heterocycles. The molecule has 1 aromatic rings. The highest BCUT2D eigenvalue weighted by molar-refractivity contribution is 6.36. The fraction of sp³-hybridized carbons (Fsp3) is 0.562. The first-order valence-electron chi connectivity index (χ1n) is 7.63. The number of nitrogens with one attached hydrogen (secondary N) is 1. The maximum Gasteiger partial charge on any atom is 0.252 e. The number of ether oxygens (including phenoxy) is 1. The highest BCUT2D eigenvalue weighted by Gasteiger charge is 2.22. The summed E-state index contributed by atoms with van der Waals surface area (Å²) in [4.78, 5) is 14.5. The number of nitrogens with zero attached hydrogens (tertiary/aromatic N) is 1. The zero-order chi connectivity index (χ0) is 17.0. The van der Waals surface area contributed by atoms with Gasteiger partial charge in [0.1, 0.15) is 5.82 Å². The number of carbonyl (C=O) groups excluding carboxylic acids is 1. The molecule has 1 atom stereocenters. The number of morpholine rings is 1. The molecular formula is C16H21Cl2FN2O2. The van der Waals surface area contributed by atoms with Crippen molar-refractivity contribution in [2.45, 2.75) is 20.0 Å². The Balaban J connectivity index is 1.90. The SMILES string of the molecule is CC(C)CN1CCOC(CNC(=O)c2cc(F)c(Cl)cc2Cl)C1. The van der Waals surface area contributed by atoms with Crippen LogP contribution in [0.15, 0.2) is 12.1 Å². The van der Waals surface area contributed by atoms with Gasteiger partial charge >= 0.3 is 0 Å². The van der Waals surface area contributed by atoms with Crippen molar-refractivity contribution >= 4 is 29.1 Å². The second-order valence-electron chi connectivity index (χ2n) is 6.10. The van der Waals surface area contributed by atoms with E-state index in [1.54, 1.807) is 0 Å². The van der Waals surface area contributed by atoms with Crippen LogP contribution >= 0.6 is 23.2 Å². The Kier molecular flexibility index (Phi) is 6.65. The number of halogens is 3. The molecule has 0 spiro atoms. The monoisotopic (exact) mass is 362 g/mol. The van der Waals surface area contributed by atoms with Crippen molar-refractivity contribution in [3.8, 4) is 0 Å². The lowest BCUT2D eigenvalue weighted by molar-refractivity contribution is -0.0295. The van der Waals surface area contributed by atoms with E-state index in [0.29, 0.717) is 19.1 Å². The van der Waals surface area contributed by atoms with Gasteiger partial charge in [0.05, 0.1) is 28.3 Å². The molecule has 1 unspecified atom stereocenters. The molecule has 0 bridgehead atoms. The zero-order valence-electron chi connectivity index (χ0n) is 13.2. The van der Waals surface area contributed by atoms with E-state index in [9.17, 15) is 9.18 Å². The van der Waals surface area contributed by atoms with Gasteiger partial charge in [-0.25, -0.2) is 4.39 Å². The number of amides is 1. The van der Waals surface area contributed by atoms with Crippen molar-refractivity contribution in [1.29, 1.82) is 0 Å². The average Bonchev–Trinajstić information content (AvgIpc) is 2.48. The lowest BCUT2D eigenvalue weighted by atomic mass is 10.1. The topological polar surface area (TPSA) is 41.6 Å². The standard InChI is InChI=1S/C16H21Cl2FN2O2/c1-10(2)8-21-3-4-23-11(9-21)7-20-16(22)12-5-15(19)14(18)6-13(12)17/h5-6,10-11H,3-4,7-9H2,1-2H3,(H,20,22). The molecule has 7 heteroatoms. The summed E-state index contributed by atoms with van der Waals surface area (Å²) in [5.41, 5.74) is 0.0726. The van der Waals surface area contributed by atoms with E-state index < -0.39 is 11.7 Å². The Morgan fingerprint density at radius 2 is 2.17 bits per heavy atom. The zero-order valence-corrected chi connectivity index (χ0v) is 14.8. The van der Waals surface area contributed by atoms with Crippen molar-refractivity contribution in [2.24, 2.45) is 5.92 Å². The van der Waals surface area contributed by atoms with Gasteiger partial charge in [-0.05, 0) is 18.1 Å². The van der Waals surface area contributed by atoms with Gasteiger partial charge in [-0.2, -0.15) is 0 Å². The molecule has 1 aliphatic heterocycles. The fourth-order valence-electron chi connectivity index (χ4n) is 2.58. The van der Waals surface area contributed by atoms with Gasteiger partial charge in [0.25, 0.3) is 5.91 Å². The molecule has 1 aliphatic rings. The van der Waals surface area contributed by atoms with Crippen LogP contribution in [-0.4, -0.2) is 49.7 Å². The fourth-order valence-corrected chi connectivity index (χ4v) is 3.05. The Morgan fingerprint density at radius 1 is 1.43 bits per heavy atom. The van der Waals surface area contributed by atoms with Crippen molar-refractivity contribution < 1.29 is 13.9 Å². The van der Waals surface area contributed by atoms with E-state index in [2.05, 4.69) is 24.1 Å². The number of hydrogen-bond acceptors (Lipinski definition) is 3. The number of carbonyl (C=O) groups is 1. The van der Waals surface area contributed by atoms with Crippen molar-refractivity contribution in [2.75, 3.05) is 32.8 Å². The van der Waals surface area contributed by atoms with Crippen LogP contribution in [0.5, 0.6) is 0 Å². The number of hydrogen-bond donors (Lipinski definition) is 1. The third-order valence-corrected chi connectivity index (χ3v) is 4.19. The summed E-state index contributed by atoms with van der Waals surface area (Å²) in [7, 11) is 0. The molecule has 1 aromatic carbocycles. The summed E-state index contributed by atoms with van der Waals surface area (Å²) in [5, 5.41) is 2.77. The van der Waals surface area contributed by atoms with Crippen LogP contribution in [0.3, 0.4) is 0 Å². The molecule has 23 heavy (non-hydrogen) atoms. The van der Waals surface area contributed by atoms with Crippen LogP contribution in [0.4, 0.5) is 4.39 Å². The summed E-state index contributed by atoms with van der Waals surface area (Å²) in [6.07, 6.45) is -0.0811. The Bertz CT molecular complexity index is 569. The minimum absolute atomic E-state index is 0.0726. The van der Waals surface area contributed by atoms with E-state index in [1.165, 1.54) is 6.07 Å². The second kappa shape index (κ2) is 8.29. The summed E-state index contributed by atoms with van der Waals surface area (Å²) in [6.45, 7) is 8.00. The van der Waals surface area contributed by atoms with Gasteiger partial charge in [-0.15, -0.1) is 0 Å². The lowest BCUT2D eigenvalue weighted by Gasteiger charge is -2.34. The quantitative estimate of drug-likeness (QED) is 0.817. The van der Waals surface area contributed by atoms with E-state index >= 15 is 0 Å². The Morgan fingerprint density at radius 3 is 2.87 bits per heavy atom. The van der Waals surface area contributed by atoms with Gasteiger partial charge in [0.2, 0.25) is 0 Å². The van der Waals surface area contributed by atoms with Gasteiger partial charge in [-0.1, -0.05) is 37.0 Å². The highest BCUT2D eigenvalue weighted by atomic mass is 35.5. The lowest BCUT2D eigenvalue weighted by Crippen LogP contribution is -2.48. The molecule has 4 nitrogen and oxygen atoms in total. The first-order chi connectivity index (χ1) is 10.9. The maximum atomic E-state index is 13.5. The largest absolute Gasteiger partial charge is 0.374 e. The molecule has 2 rings (SSSR count). The van der Waals surface area contributed by atoms with Crippen LogP contribution in [-0.2, 0) is 4.74 Å². The van der Waals surface area contributed by atoms with Gasteiger partial charge in [0, 0.05) is 26.2 Å². The minimum atomic E-state index is -0.668. The molecule has 1 heterocycles. The molecule has 0 radical (unpaired) electrons. The molecule has 128 valence electrons. The molecule has 1 saturated heterocycles. The Hall–Kier alpha value is -0.880. The predicted molar refractivity (Wildman–Crippen MR) is 89.8 cm³/mol. The third kappa shape index (κ3) is 5.31. The molecule has 1 fully saturated rings.